The normalized spacial score (nSPS) is 11.0. The molecule has 44 heavy (non-hydrogen) atoms. The Kier molecular flexibility index (Phi) is 9.43. The second-order valence-electron chi connectivity index (χ2n) is 10.6. The van der Waals surface area contributed by atoms with Gasteiger partial charge in [-0.05, 0) is 157 Å². The molecular formula is C38H28Br4N2. The van der Waals surface area contributed by atoms with Crippen LogP contribution in [0.1, 0.15) is 11.1 Å². The molecule has 0 aromatic heterocycles. The lowest BCUT2D eigenvalue weighted by Crippen LogP contribution is -2.10. The summed E-state index contributed by atoms with van der Waals surface area (Å²) in [6, 6.07) is 47.3. The number of rotatable bonds is 7. The lowest BCUT2D eigenvalue weighted by Gasteiger charge is -2.27. The van der Waals surface area contributed by atoms with Gasteiger partial charge in [-0.25, -0.2) is 0 Å². The Labute approximate surface area is 292 Å². The van der Waals surface area contributed by atoms with E-state index in [1.54, 1.807) is 0 Å². The van der Waals surface area contributed by atoms with E-state index in [2.05, 4.69) is 221 Å². The first kappa shape index (κ1) is 30.8. The maximum Gasteiger partial charge on any atom is 0.0464 e. The Hall–Kier alpha value is -3.16. The lowest BCUT2D eigenvalue weighted by molar-refractivity contribution is 1.26. The van der Waals surface area contributed by atoms with Crippen molar-refractivity contribution in [3.05, 3.63) is 162 Å². The number of benzene rings is 6. The van der Waals surface area contributed by atoms with Crippen LogP contribution >= 0.6 is 63.7 Å². The van der Waals surface area contributed by atoms with Crippen LogP contribution in [0.2, 0.25) is 0 Å². The fraction of sp³-hybridized carbons (Fsp3) is 0.0526. The van der Waals surface area contributed by atoms with Gasteiger partial charge in [0, 0.05) is 52.0 Å². The summed E-state index contributed by atoms with van der Waals surface area (Å²) in [7, 11) is 0. The number of nitrogens with zero attached hydrogens (tertiary/aromatic N) is 2. The van der Waals surface area contributed by atoms with Gasteiger partial charge in [0.15, 0.2) is 0 Å². The average molecular weight is 832 g/mol. The fourth-order valence-electron chi connectivity index (χ4n) is 5.43. The second kappa shape index (κ2) is 13.5. The van der Waals surface area contributed by atoms with E-state index in [0.29, 0.717) is 0 Å². The maximum absolute atomic E-state index is 3.58. The van der Waals surface area contributed by atoms with Gasteiger partial charge in [-0.3, -0.25) is 0 Å². The Morgan fingerprint density at radius 2 is 0.545 bits per heavy atom. The van der Waals surface area contributed by atoms with E-state index in [1.807, 2.05) is 0 Å². The Balaban J connectivity index is 1.38. The van der Waals surface area contributed by atoms with Gasteiger partial charge in [-0.2, -0.15) is 0 Å². The van der Waals surface area contributed by atoms with E-state index in [4.69, 9.17) is 0 Å². The van der Waals surface area contributed by atoms with Crippen molar-refractivity contribution in [2.24, 2.45) is 0 Å². The number of halogens is 4. The molecule has 0 aliphatic heterocycles. The fourth-order valence-corrected chi connectivity index (χ4v) is 6.49. The summed E-state index contributed by atoms with van der Waals surface area (Å²) in [5.74, 6) is 0. The largest absolute Gasteiger partial charge is 0.310 e. The summed E-state index contributed by atoms with van der Waals surface area (Å²) in [4.78, 5) is 4.58. The van der Waals surface area contributed by atoms with E-state index in [1.165, 1.54) is 22.3 Å². The van der Waals surface area contributed by atoms with Crippen molar-refractivity contribution in [1.82, 2.24) is 0 Å². The van der Waals surface area contributed by atoms with E-state index in [9.17, 15) is 0 Å². The van der Waals surface area contributed by atoms with Crippen molar-refractivity contribution in [3.8, 4) is 11.1 Å². The van der Waals surface area contributed by atoms with Gasteiger partial charge >= 0.3 is 0 Å². The highest BCUT2D eigenvalue weighted by Gasteiger charge is 2.17. The van der Waals surface area contributed by atoms with Crippen LogP contribution in [-0.4, -0.2) is 0 Å². The van der Waals surface area contributed by atoms with Crippen molar-refractivity contribution in [2.75, 3.05) is 9.80 Å². The molecule has 0 unspecified atom stereocenters. The molecule has 0 bridgehead atoms. The second-order valence-corrected chi connectivity index (χ2v) is 14.2. The van der Waals surface area contributed by atoms with E-state index >= 15 is 0 Å². The van der Waals surface area contributed by atoms with Crippen LogP contribution in [0.3, 0.4) is 0 Å². The van der Waals surface area contributed by atoms with Crippen LogP contribution in [-0.2, 0) is 0 Å². The van der Waals surface area contributed by atoms with Crippen molar-refractivity contribution in [2.45, 2.75) is 13.8 Å². The summed E-state index contributed by atoms with van der Waals surface area (Å²) >= 11 is 14.3. The summed E-state index contributed by atoms with van der Waals surface area (Å²) in [5.41, 5.74) is 11.5. The molecule has 6 heteroatoms. The smallest absolute Gasteiger partial charge is 0.0464 e. The highest BCUT2D eigenvalue weighted by atomic mass is 79.9. The molecule has 0 radical (unpaired) electrons. The predicted molar refractivity (Wildman–Crippen MR) is 202 cm³/mol. The van der Waals surface area contributed by atoms with Gasteiger partial charge in [0.1, 0.15) is 0 Å². The minimum absolute atomic E-state index is 1.06. The summed E-state index contributed by atoms with van der Waals surface area (Å²) in [6.45, 7) is 4.40. The molecular weight excluding hydrogens is 804 g/mol. The molecule has 0 amide bonds. The molecule has 0 saturated carbocycles. The standard InChI is InChI=1S/C38H28Br4N2/c1-25-23-35(43(31-11-3-27(39)4-12-31)32-13-5-28(40)6-14-32)19-21-37(25)38-22-20-36(24-26(38)2)44(33-15-7-29(41)8-16-33)34-17-9-30(42)10-18-34/h3-24H,1-2H3. The molecule has 6 aromatic carbocycles. The summed E-state index contributed by atoms with van der Waals surface area (Å²) < 4.78 is 4.23. The lowest BCUT2D eigenvalue weighted by atomic mass is 9.95. The third-order valence-electron chi connectivity index (χ3n) is 7.57. The first-order valence-electron chi connectivity index (χ1n) is 14.1. The molecule has 0 fully saturated rings. The van der Waals surface area contributed by atoms with Crippen molar-refractivity contribution >= 4 is 97.8 Å². The van der Waals surface area contributed by atoms with Gasteiger partial charge in [0.2, 0.25) is 0 Å². The van der Waals surface area contributed by atoms with Crippen LogP contribution in [0.15, 0.2) is 151 Å². The van der Waals surface area contributed by atoms with Crippen LogP contribution in [0.25, 0.3) is 11.1 Å². The maximum atomic E-state index is 3.58. The summed E-state index contributed by atoms with van der Waals surface area (Å²) in [5, 5.41) is 0. The van der Waals surface area contributed by atoms with Crippen LogP contribution < -0.4 is 9.80 Å². The molecule has 2 nitrogen and oxygen atoms in total. The van der Waals surface area contributed by atoms with Crippen LogP contribution in [0.5, 0.6) is 0 Å². The minimum Gasteiger partial charge on any atom is -0.310 e. The van der Waals surface area contributed by atoms with Crippen LogP contribution in [0.4, 0.5) is 34.1 Å². The van der Waals surface area contributed by atoms with Gasteiger partial charge in [0.05, 0.1) is 0 Å². The minimum atomic E-state index is 1.06. The van der Waals surface area contributed by atoms with E-state index in [-0.39, 0.29) is 0 Å². The quantitative estimate of drug-likeness (QED) is 0.158. The van der Waals surface area contributed by atoms with Crippen molar-refractivity contribution < 1.29 is 0 Å². The number of hydrogen-bond donors (Lipinski definition) is 0. The van der Waals surface area contributed by atoms with Crippen LogP contribution in [0, 0.1) is 13.8 Å². The van der Waals surface area contributed by atoms with Gasteiger partial charge in [-0.1, -0.05) is 75.9 Å². The number of aryl methyl sites for hydroxylation is 2. The molecule has 0 aliphatic carbocycles. The molecule has 0 aliphatic rings. The van der Waals surface area contributed by atoms with Gasteiger partial charge in [-0.15, -0.1) is 0 Å². The molecule has 0 heterocycles. The first-order valence-corrected chi connectivity index (χ1v) is 17.3. The van der Waals surface area contributed by atoms with E-state index < -0.39 is 0 Å². The summed E-state index contributed by atoms with van der Waals surface area (Å²) in [6.07, 6.45) is 0. The van der Waals surface area contributed by atoms with Crippen molar-refractivity contribution in [1.29, 1.82) is 0 Å². The van der Waals surface area contributed by atoms with Gasteiger partial charge in [0.25, 0.3) is 0 Å². The monoisotopic (exact) mass is 828 g/mol. The SMILES string of the molecule is Cc1cc(N(c2ccc(Br)cc2)c2ccc(Br)cc2)ccc1-c1ccc(N(c2ccc(Br)cc2)c2ccc(Br)cc2)cc1C. The molecule has 0 saturated heterocycles. The highest BCUT2D eigenvalue weighted by molar-refractivity contribution is 9.11. The van der Waals surface area contributed by atoms with E-state index in [0.717, 1.165) is 52.0 Å². The average Bonchev–Trinajstić information content (AvgIpc) is 3.02. The third-order valence-corrected chi connectivity index (χ3v) is 9.68. The topological polar surface area (TPSA) is 6.48 Å². The third kappa shape index (κ3) is 6.74. The molecule has 0 atom stereocenters. The molecule has 0 spiro atoms. The predicted octanol–water partition coefficient (Wildman–Crippen LogP) is 14.0. The highest BCUT2D eigenvalue weighted by Crippen LogP contribution is 2.41. The Morgan fingerprint density at radius 3 is 0.773 bits per heavy atom. The molecule has 6 aromatic rings. The molecule has 6 rings (SSSR count). The number of hydrogen-bond acceptors (Lipinski definition) is 2. The van der Waals surface area contributed by atoms with Gasteiger partial charge < -0.3 is 9.80 Å². The number of anilines is 6. The first-order chi connectivity index (χ1) is 21.3. The van der Waals surface area contributed by atoms with Crippen molar-refractivity contribution in [3.63, 3.8) is 0 Å². The Bertz CT molecular complexity index is 1670. The zero-order valence-corrected chi connectivity index (χ0v) is 30.5. The zero-order valence-electron chi connectivity index (χ0n) is 24.1. The molecule has 0 N–H and O–H groups in total. The molecule has 218 valence electrons. The zero-order chi connectivity index (χ0) is 30.8. The Morgan fingerprint density at radius 1 is 0.318 bits per heavy atom.